The van der Waals surface area contributed by atoms with Gasteiger partial charge in [-0.25, -0.2) is 0 Å². The van der Waals surface area contributed by atoms with Crippen LogP contribution in [-0.4, -0.2) is 36.8 Å². The molecule has 1 saturated heterocycles. The van der Waals surface area contributed by atoms with E-state index >= 15 is 0 Å². The van der Waals surface area contributed by atoms with E-state index < -0.39 is 0 Å². The Morgan fingerprint density at radius 1 is 1.47 bits per heavy atom. The Morgan fingerprint density at radius 3 is 3.16 bits per heavy atom. The Hall–Kier alpha value is -1.13. The number of pyridine rings is 1. The standard InChI is InChI=1S/C15H23N3O/c1-2-14-11-19-8-7-18(14)15-5-6-16-13(9-15)10-17-12-3-4-12/h5-6,9,12,14,17H,2-4,7-8,10-11H2,1H3. The summed E-state index contributed by atoms with van der Waals surface area (Å²) >= 11 is 0. The van der Waals surface area contributed by atoms with E-state index in [0.717, 1.165) is 44.5 Å². The maximum Gasteiger partial charge on any atom is 0.0670 e. The molecule has 1 atom stereocenters. The van der Waals surface area contributed by atoms with Crippen molar-refractivity contribution in [3.63, 3.8) is 0 Å². The summed E-state index contributed by atoms with van der Waals surface area (Å²) < 4.78 is 5.57. The molecule has 0 amide bonds. The fraction of sp³-hybridized carbons (Fsp3) is 0.667. The Kier molecular flexibility index (Phi) is 3.99. The Labute approximate surface area is 115 Å². The average molecular weight is 261 g/mol. The first-order valence-corrected chi connectivity index (χ1v) is 7.39. The number of anilines is 1. The zero-order chi connectivity index (χ0) is 13.1. The van der Waals surface area contributed by atoms with Gasteiger partial charge in [-0.3, -0.25) is 4.98 Å². The fourth-order valence-corrected chi connectivity index (χ4v) is 2.61. The normalized spacial score (nSPS) is 23.6. The third-order valence-electron chi connectivity index (χ3n) is 3.98. The molecule has 0 aromatic carbocycles. The molecule has 1 aromatic rings. The SMILES string of the molecule is CCC1COCCN1c1ccnc(CNC2CC2)c1. The van der Waals surface area contributed by atoms with Gasteiger partial charge in [0.15, 0.2) is 0 Å². The number of morpholine rings is 1. The smallest absolute Gasteiger partial charge is 0.0670 e. The van der Waals surface area contributed by atoms with Crippen molar-refractivity contribution in [1.29, 1.82) is 0 Å². The number of ether oxygens (including phenoxy) is 1. The first kappa shape index (κ1) is 12.9. The minimum Gasteiger partial charge on any atom is -0.377 e. The number of nitrogens with one attached hydrogen (secondary N) is 1. The highest BCUT2D eigenvalue weighted by atomic mass is 16.5. The van der Waals surface area contributed by atoms with Gasteiger partial charge in [0.2, 0.25) is 0 Å². The van der Waals surface area contributed by atoms with Gasteiger partial charge in [0.05, 0.1) is 24.9 Å². The number of hydrogen-bond acceptors (Lipinski definition) is 4. The molecule has 19 heavy (non-hydrogen) atoms. The molecule has 4 heteroatoms. The lowest BCUT2D eigenvalue weighted by Gasteiger charge is -2.37. The van der Waals surface area contributed by atoms with Crippen molar-refractivity contribution in [3.8, 4) is 0 Å². The van der Waals surface area contributed by atoms with Gasteiger partial charge in [-0.15, -0.1) is 0 Å². The van der Waals surface area contributed by atoms with E-state index in [9.17, 15) is 0 Å². The van der Waals surface area contributed by atoms with Gasteiger partial charge in [0.25, 0.3) is 0 Å². The second-order valence-electron chi connectivity index (χ2n) is 5.49. The summed E-state index contributed by atoms with van der Waals surface area (Å²) in [7, 11) is 0. The van der Waals surface area contributed by atoms with E-state index in [1.54, 1.807) is 0 Å². The van der Waals surface area contributed by atoms with E-state index in [1.807, 2.05) is 6.20 Å². The molecule has 1 N–H and O–H groups in total. The molecule has 1 saturated carbocycles. The van der Waals surface area contributed by atoms with Crippen LogP contribution in [0.4, 0.5) is 5.69 Å². The second kappa shape index (κ2) is 5.88. The van der Waals surface area contributed by atoms with Crippen LogP contribution in [0.2, 0.25) is 0 Å². The molecule has 104 valence electrons. The first-order valence-electron chi connectivity index (χ1n) is 7.39. The molecule has 2 aliphatic rings. The summed E-state index contributed by atoms with van der Waals surface area (Å²) in [6.07, 6.45) is 5.70. The van der Waals surface area contributed by atoms with Crippen molar-refractivity contribution in [2.24, 2.45) is 0 Å². The van der Waals surface area contributed by atoms with Crippen LogP contribution in [0.15, 0.2) is 18.3 Å². The third kappa shape index (κ3) is 3.25. The highest BCUT2D eigenvalue weighted by molar-refractivity contribution is 5.48. The maximum atomic E-state index is 5.57. The molecule has 0 radical (unpaired) electrons. The summed E-state index contributed by atoms with van der Waals surface area (Å²) in [5.74, 6) is 0. The van der Waals surface area contributed by atoms with E-state index in [-0.39, 0.29) is 0 Å². The largest absolute Gasteiger partial charge is 0.377 e. The third-order valence-corrected chi connectivity index (χ3v) is 3.98. The molecule has 1 unspecified atom stereocenters. The van der Waals surface area contributed by atoms with Gasteiger partial charge < -0.3 is 15.0 Å². The lowest BCUT2D eigenvalue weighted by molar-refractivity contribution is 0.0930. The van der Waals surface area contributed by atoms with Crippen LogP contribution in [-0.2, 0) is 11.3 Å². The quantitative estimate of drug-likeness (QED) is 0.879. The van der Waals surface area contributed by atoms with E-state index in [2.05, 4.69) is 34.3 Å². The minimum atomic E-state index is 0.500. The number of hydrogen-bond donors (Lipinski definition) is 1. The second-order valence-corrected chi connectivity index (χ2v) is 5.49. The van der Waals surface area contributed by atoms with E-state index in [4.69, 9.17) is 4.74 Å². The Balaban J connectivity index is 1.69. The maximum absolute atomic E-state index is 5.57. The Bertz CT molecular complexity index is 420. The van der Waals surface area contributed by atoms with Gasteiger partial charge >= 0.3 is 0 Å². The zero-order valence-electron chi connectivity index (χ0n) is 11.6. The van der Waals surface area contributed by atoms with Crippen LogP contribution < -0.4 is 10.2 Å². The van der Waals surface area contributed by atoms with Crippen molar-refractivity contribution in [2.75, 3.05) is 24.7 Å². The van der Waals surface area contributed by atoms with Crippen molar-refractivity contribution < 1.29 is 4.74 Å². The summed E-state index contributed by atoms with van der Waals surface area (Å²) in [5, 5.41) is 3.52. The van der Waals surface area contributed by atoms with Crippen LogP contribution in [0.1, 0.15) is 31.9 Å². The molecule has 3 rings (SSSR count). The number of rotatable bonds is 5. The van der Waals surface area contributed by atoms with Crippen LogP contribution in [0.3, 0.4) is 0 Å². The van der Waals surface area contributed by atoms with Gasteiger partial charge in [-0.05, 0) is 31.4 Å². The molecule has 4 nitrogen and oxygen atoms in total. The summed E-state index contributed by atoms with van der Waals surface area (Å²) in [6, 6.07) is 5.58. The first-order chi connectivity index (χ1) is 9.36. The molecule has 1 aliphatic heterocycles. The molecule has 2 heterocycles. The van der Waals surface area contributed by atoms with Crippen LogP contribution in [0.25, 0.3) is 0 Å². The summed E-state index contributed by atoms with van der Waals surface area (Å²) in [6.45, 7) is 5.77. The molecule has 0 spiro atoms. The van der Waals surface area contributed by atoms with Crippen molar-refractivity contribution >= 4 is 5.69 Å². The van der Waals surface area contributed by atoms with Crippen molar-refractivity contribution in [3.05, 3.63) is 24.0 Å². The van der Waals surface area contributed by atoms with E-state index in [1.165, 1.54) is 18.5 Å². The molecular weight excluding hydrogens is 238 g/mol. The van der Waals surface area contributed by atoms with Gasteiger partial charge in [-0.1, -0.05) is 6.92 Å². The van der Waals surface area contributed by atoms with E-state index in [0.29, 0.717) is 6.04 Å². The topological polar surface area (TPSA) is 37.4 Å². The lowest BCUT2D eigenvalue weighted by Crippen LogP contribution is -2.45. The van der Waals surface area contributed by atoms with Crippen LogP contribution in [0.5, 0.6) is 0 Å². The highest BCUT2D eigenvalue weighted by Gasteiger charge is 2.23. The molecule has 0 bridgehead atoms. The Morgan fingerprint density at radius 2 is 2.37 bits per heavy atom. The molecule has 1 aliphatic carbocycles. The molecular formula is C15H23N3O. The average Bonchev–Trinajstić information content (AvgIpc) is 3.29. The molecule has 1 aromatic heterocycles. The summed E-state index contributed by atoms with van der Waals surface area (Å²) in [4.78, 5) is 6.93. The summed E-state index contributed by atoms with van der Waals surface area (Å²) in [5.41, 5.74) is 2.43. The van der Waals surface area contributed by atoms with Gasteiger partial charge in [0.1, 0.15) is 0 Å². The number of aromatic nitrogens is 1. The fourth-order valence-electron chi connectivity index (χ4n) is 2.61. The van der Waals surface area contributed by atoms with Crippen LogP contribution in [0, 0.1) is 0 Å². The minimum absolute atomic E-state index is 0.500. The van der Waals surface area contributed by atoms with Crippen molar-refractivity contribution in [1.82, 2.24) is 10.3 Å². The zero-order valence-corrected chi connectivity index (χ0v) is 11.6. The number of nitrogens with zero attached hydrogens (tertiary/aromatic N) is 2. The lowest BCUT2D eigenvalue weighted by atomic mass is 10.1. The van der Waals surface area contributed by atoms with Gasteiger partial charge in [-0.2, -0.15) is 0 Å². The van der Waals surface area contributed by atoms with Gasteiger partial charge in [0, 0.05) is 31.0 Å². The predicted molar refractivity (Wildman–Crippen MR) is 76.3 cm³/mol. The van der Waals surface area contributed by atoms with Crippen molar-refractivity contribution in [2.45, 2.75) is 44.8 Å². The molecule has 2 fully saturated rings. The van der Waals surface area contributed by atoms with Crippen LogP contribution >= 0.6 is 0 Å². The highest BCUT2D eigenvalue weighted by Crippen LogP contribution is 2.23. The predicted octanol–water partition coefficient (Wildman–Crippen LogP) is 1.95. The monoisotopic (exact) mass is 261 g/mol.